The van der Waals surface area contributed by atoms with E-state index >= 15 is 0 Å². The highest BCUT2D eigenvalue weighted by molar-refractivity contribution is 14.1. The molecule has 1 N–H and O–H groups in total. The van der Waals surface area contributed by atoms with Gasteiger partial charge in [0.25, 0.3) is 0 Å². The summed E-state index contributed by atoms with van der Waals surface area (Å²) in [6, 6.07) is 5.97. The van der Waals surface area contributed by atoms with E-state index in [0.29, 0.717) is 0 Å². The van der Waals surface area contributed by atoms with E-state index in [1.165, 1.54) is 3.70 Å². The molecule has 0 radical (unpaired) electrons. The van der Waals surface area contributed by atoms with Crippen LogP contribution in [0.2, 0.25) is 0 Å². The van der Waals surface area contributed by atoms with Gasteiger partial charge in [-0.15, -0.1) is 0 Å². The van der Waals surface area contributed by atoms with Crippen LogP contribution in [0, 0.1) is 3.70 Å². The molecular weight excluding hydrogens is 201 g/mol. The Kier molecular flexibility index (Phi) is 1.62. The third-order valence-electron chi connectivity index (χ3n) is 0.671. The third kappa shape index (κ3) is 1.43. The summed E-state index contributed by atoms with van der Waals surface area (Å²) in [6.07, 6.45) is 1.90. The number of pyridine rings is 1. The zero-order chi connectivity index (χ0) is 5.11. The molecule has 36 valence electrons. The largest absolute Gasteiger partial charge is 0.239 e. The summed E-state index contributed by atoms with van der Waals surface area (Å²) >= 11 is 2.22. The number of hydrogen-bond acceptors (Lipinski definition) is 0. The highest BCUT2D eigenvalue weighted by Crippen LogP contribution is 1.90. The van der Waals surface area contributed by atoms with Gasteiger partial charge in [-0.1, -0.05) is 0 Å². The summed E-state index contributed by atoms with van der Waals surface area (Å²) in [4.78, 5) is 3.02. The zero-order valence-corrected chi connectivity index (χ0v) is 5.84. The fourth-order valence-corrected chi connectivity index (χ4v) is 0.759. The number of H-pyrrole nitrogens is 1. The monoisotopic (exact) mass is 206 g/mol. The molecule has 0 spiro atoms. The summed E-state index contributed by atoms with van der Waals surface area (Å²) in [5, 5.41) is 0. The van der Waals surface area contributed by atoms with Crippen LogP contribution in [0.15, 0.2) is 24.4 Å². The van der Waals surface area contributed by atoms with E-state index < -0.39 is 0 Å². The lowest BCUT2D eigenvalue weighted by Crippen LogP contribution is -2.02. The van der Waals surface area contributed by atoms with Crippen LogP contribution in [-0.2, 0) is 0 Å². The predicted octanol–water partition coefficient (Wildman–Crippen LogP) is 1.11. The van der Waals surface area contributed by atoms with Gasteiger partial charge in [-0.3, -0.25) is 0 Å². The molecule has 0 aliphatic carbocycles. The summed E-state index contributed by atoms with van der Waals surface area (Å²) in [5.74, 6) is 0. The molecule has 2 heteroatoms. The Hall–Kier alpha value is -0.120. The molecule has 0 aromatic carbocycles. The van der Waals surface area contributed by atoms with Crippen LogP contribution >= 0.6 is 22.6 Å². The highest BCUT2D eigenvalue weighted by atomic mass is 127. The van der Waals surface area contributed by atoms with Crippen molar-refractivity contribution < 1.29 is 4.98 Å². The Balaban J connectivity index is 3.02. The first kappa shape index (κ1) is 5.03. The maximum atomic E-state index is 3.02. The SMILES string of the molecule is Ic1cccc[nH+]1. The lowest BCUT2D eigenvalue weighted by molar-refractivity contribution is -0.394. The number of rotatable bonds is 0. The molecule has 0 atom stereocenters. The minimum Gasteiger partial charge on any atom is -0.207 e. The van der Waals surface area contributed by atoms with Gasteiger partial charge >= 0.3 is 0 Å². The summed E-state index contributed by atoms with van der Waals surface area (Å²) < 4.78 is 1.17. The summed E-state index contributed by atoms with van der Waals surface area (Å²) in [7, 11) is 0. The lowest BCUT2D eigenvalue weighted by atomic mass is 10.5. The van der Waals surface area contributed by atoms with Crippen LogP contribution in [0.25, 0.3) is 0 Å². The van der Waals surface area contributed by atoms with Crippen molar-refractivity contribution in [2.45, 2.75) is 0 Å². The quantitative estimate of drug-likeness (QED) is 0.445. The van der Waals surface area contributed by atoms with Crippen molar-refractivity contribution in [3.05, 3.63) is 28.1 Å². The van der Waals surface area contributed by atoms with E-state index in [2.05, 4.69) is 27.6 Å². The van der Waals surface area contributed by atoms with Gasteiger partial charge < -0.3 is 0 Å². The molecule has 7 heavy (non-hydrogen) atoms. The Labute approximate surface area is 55.9 Å². The van der Waals surface area contributed by atoms with Crippen molar-refractivity contribution in [1.82, 2.24) is 0 Å². The second kappa shape index (κ2) is 2.26. The summed E-state index contributed by atoms with van der Waals surface area (Å²) in [5.41, 5.74) is 0. The normalized spacial score (nSPS) is 8.71. The molecule has 0 saturated heterocycles. The third-order valence-corrected chi connectivity index (χ3v) is 1.34. The number of aromatic amines is 1. The van der Waals surface area contributed by atoms with Gasteiger partial charge in [0.1, 0.15) is 0 Å². The van der Waals surface area contributed by atoms with E-state index in [0.717, 1.165) is 0 Å². The van der Waals surface area contributed by atoms with Gasteiger partial charge in [0, 0.05) is 34.7 Å². The molecule has 0 aliphatic heterocycles. The molecule has 1 rings (SSSR count). The van der Waals surface area contributed by atoms with Gasteiger partial charge in [-0.2, -0.15) is 0 Å². The zero-order valence-electron chi connectivity index (χ0n) is 3.69. The molecule has 0 fully saturated rings. The van der Waals surface area contributed by atoms with Crippen molar-refractivity contribution in [3.63, 3.8) is 0 Å². The molecule has 0 aliphatic rings. The van der Waals surface area contributed by atoms with Crippen LogP contribution in [0.4, 0.5) is 0 Å². The van der Waals surface area contributed by atoms with Crippen molar-refractivity contribution >= 4 is 22.6 Å². The minimum atomic E-state index is 1.17. The first-order valence-corrected chi connectivity index (χ1v) is 3.10. The first-order chi connectivity index (χ1) is 3.39. The molecule has 1 aromatic heterocycles. The van der Waals surface area contributed by atoms with E-state index in [-0.39, 0.29) is 0 Å². The molecule has 0 amide bonds. The van der Waals surface area contributed by atoms with Gasteiger partial charge in [-0.05, 0) is 6.07 Å². The smallest absolute Gasteiger partial charge is 0.207 e. The number of aromatic nitrogens is 1. The predicted molar refractivity (Wildman–Crippen MR) is 35.7 cm³/mol. The summed E-state index contributed by atoms with van der Waals surface area (Å²) in [6.45, 7) is 0. The molecule has 0 saturated carbocycles. The van der Waals surface area contributed by atoms with Crippen molar-refractivity contribution in [1.29, 1.82) is 0 Å². The standard InChI is InChI=1S/C5H4IN/c6-5-3-1-2-4-7-5/h1-4H/p+1. The highest BCUT2D eigenvalue weighted by Gasteiger charge is 1.84. The number of hydrogen-bond donors (Lipinski definition) is 0. The topological polar surface area (TPSA) is 14.1 Å². The average Bonchev–Trinajstić information content (AvgIpc) is 1.69. The van der Waals surface area contributed by atoms with Crippen molar-refractivity contribution in [3.8, 4) is 0 Å². The second-order valence-electron chi connectivity index (χ2n) is 1.21. The molecule has 0 unspecified atom stereocenters. The Morgan fingerprint density at radius 2 is 2.29 bits per heavy atom. The Bertz CT molecular complexity index is 138. The molecule has 1 nitrogen and oxygen atoms in total. The van der Waals surface area contributed by atoms with E-state index in [4.69, 9.17) is 0 Å². The van der Waals surface area contributed by atoms with Gasteiger partial charge in [0.05, 0.1) is 0 Å². The minimum absolute atomic E-state index is 1.17. The maximum absolute atomic E-state index is 3.02. The van der Waals surface area contributed by atoms with Crippen LogP contribution in [0.1, 0.15) is 0 Å². The van der Waals surface area contributed by atoms with Crippen LogP contribution < -0.4 is 4.98 Å². The Morgan fingerprint density at radius 1 is 1.43 bits per heavy atom. The number of nitrogens with one attached hydrogen (secondary N) is 1. The van der Waals surface area contributed by atoms with E-state index in [1.54, 1.807) is 0 Å². The maximum Gasteiger partial charge on any atom is 0.239 e. The van der Waals surface area contributed by atoms with Crippen molar-refractivity contribution in [2.24, 2.45) is 0 Å². The van der Waals surface area contributed by atoms with E-state index in [1.807, 2.05) is 24.4 Å². The van der Waals surface area contributed by atoms with E-state index in [9.17, 15) is 0 Å². The molecular formula is C5H5IN+. The first-order valence-electron chi connectivity index (χ1n) is 2.02. The fourth-order valence-electron chi connectivity index (χ4n) is 0.371. The Morgan fingerprint density at radius 3 is 2.57 bits per heavy atom. The average molecular weight is 206 g/mol. The molecule has 1 heterocycles. The number of halogens is 1. The lowest BCUT2D eigenvalue weighted by Gasteiger charge is -1.72. The second-order valence-corrected chi connectivity index (χ2v) is 2.37. The van der Waals surface area contributed by atoms with Crippen LogP contribution in [0.3, 0.4) is 0 Å². The molecule has 0 bridgehead atoms. The fraction of sp³-hybridized carbons (Fsp3) is 0. The van der Waals surface area contributed by atoms with Crippen LogP contribution in [0.5, 0.6) is 0 Å². The van der Waals surface area contributed by atoms with Crippen LogP contribution in [-0.4, -0.2) is 0 Å². The molecule has 1 aromatic rings. The van der Waals surface area contributed by atoms with Gasteiger partial charge in [-0.25, -0.2) is 4.98 Å². The van der Waals surface area contributed by atoms with Gasteiger partial charge in [0.2, 0.25) is 3.70 Å². The van der Waals surface area contributed by atoms with Crippen molar-refractivity contribution in [2.75, 3.05) is 0 Å². The van der Waals surface area contributed by atoms with Gasteiger partial charge in [0.15, 0.2) is 6.20 Å².